The van der Waals surface area contributed by atoms with Crippen LogP contribution in [0.2, 0.25) is 5.02 Å². The minimum Gasteiger partial charge on any atom is -0.301 e. The molecule has 1 heterocycles. The molecule has 0 spiro atoms. The Labute approximate surface area is 150 Å². The van der Waals surface area contributed by atoms with Crippen molar-refractivity contribution in [2.24, 2.45) is 0 Å². The predicted octanol–water partition coefficient (Wildman–Crippen LogP) is 3.14. The number of amides is 1. The largest absolute Gasteiger partial charge is 0.301 e. The summed E-state index contributed by atoms with van der Waals surface area (Å²) in [7, 11) is -3.80. The fourth-order valence-corrected chi connectivity index (χ4v) is 4.40. The Hall–Kier alpha value is -1.48. The van der Waals surface area contributed by atoms with Crippen LogP contribution in [0.4, 0.5) is 5.13 Å². The molecule has 0 aliphatic carbocycles. The van der Waals surface area contributed by atoms with E-state index in [0.29, 0.717) is 10.2 Å². The number of halogens is 1. The number of rotatable bonds is 6. The third kappa shape index (κ3) is 4.54. The number of carbonyl (C=O) groups is 1. The highest BCUT2D eigenvalue weighted by Gasteiger charge is 2.29. The number of nitrogens with zero attached hydrogens (tertiary/aromatic N) is 2. The molecule has 0 unspecified atom stereocenters. The van der Waals surface area contributed by atoms with E-state index in [1.165, 1.54) is 35.6 Å². The molecule has 1 amide bonds. The molecule has 0 saturated carbocycles. The van der Waals surface area contributed by atoms with Crippen LogP contribution in [-0.4, -0.2) is 36.2 Å². The standard InChI is InChI=1S/C15H18ClN3O3S2/c1-10(2)19(9-14(20)18-15-17-8-11(3)23-15)24(21,22)13-6-4-12(16)5-7-13/h4-8,10H,9H2,1-3H3,(H,17,18,20). The highest BCUT2D eigenvalue weighted by Crippen LogP contribution is 2.21. The second-order valence-electron chi connectivity index (χ2n) is 5.42. The van der Waals surface area contributed by atoms with E-state index in [-0.39, 0.29) is 17.5 Å². The van der Waals surface area contributed by atoms with Crippen molar-refractivity contribution in [1.29, 1.82) is 0 Å². The number of anilines is 1. The summed E-state index contributed by atoms with van der Waals surface area (Å²) in [5.41, 5.74) is 0. The van der Waals surface area contributed by atoms with Gasteiger partial charge in [0.2, 0.25) is 15.9 Å². The first-order valence-corrected chi connectivity index (χ1v) is 9.83. The number of nitrogens with one attached hydrogen (secondary N) is 1. The number of hydrogen-bond donors (Lipinski definition) is 1. The second kappa shape index (κ2) is 7.60. The van der Waals surface area contributed by atoms with Crippen LogP contribution >= 0.6 is 22.9 Å². The van der Waals surface area contributed by atoms with Crippen LogP contribution in [0.5, 0.6) is 0 Å². The second-order valence-corrected chi connectivity index (χ2v) is 8.98. The topological polar surface area (TPSA) is 79.4 Å². The first kappa shape index (κ1) is 18.9. The highest BCUT2D eigenvalue weighted by molar-refractivity contribution is 7.89. The van der Waals surface area contributed by atoms with Gasteiger partial charge >= 0.3 is 0 Å². The molecule has 130 valence electrons. The van der Waals surface area contributed by atoms with Gasteiger partial charge in [0.1, 0.15) is 0 Å². The fraction of sp³-hybridized carbons (Fsp3) is 0.333. The number of aromatic nitrogens is 1. The molecule has 2 rings (SSSR count). The van der Waals surface area contributed by atoms with Gasteiger partial charge in [-0.1, -0.05) is 11.6 Å². The van der Waals surface area contributed by atoms with E-state index < -0.39 is 15.9 Å². The van der Waals surface area contributed by atoms with E-state index >= 15 is 0 Å². The Balaban J connectivity index is 2.19. The average molecular weight is 388 g/mol. The van der Waals surface area contributed by atoms with Gasteiger partial charge in [0.15, 0.2) is 5.13 Å². The number of carbonyl (C=O) groups excluding carboxylic acids is 1. The smallest absolute Gasteiger partial charge is 0.243 e. The summed E-state index contributed by atoms with van der Waals surface area (Å²) in [4.78, 5) is 17.3. The van der Waals surface area contributed by atoms with Gasteiger partial charge in [-0.3, -0.25) is 4.79 Å². The molecule has 0 atom stereocenters. The van der Waals surface area contributed by atoms with Crippen molar-refractivity contribution in [3.05, 3.63) is 40.4 Å². The van der Waals surface area contributed by atoms with E-state index in [1.807, 2.05) is 6.92 Å². The first-order valence-electron chi connectivity index (χ1n) is 7.20. The number of hydrogen-bond acceptors (Lipinski definition) is 5. The maximum Gasteiger partial charge on any atom is 0.243 e. The Morgan fingerprint density at radius 1 is 1.33 bits per heavy atom. The average Bonchev–Trinajstić information content (AvgIpc) is 2.90. The third-order valence-corrected chi connectivity index (χ3v) is 6.28. The molecule has 0 radical (unpaired) electrons. The van der Waals surface area contributed by atoms with E-state index in [4.69, 9.17) is 11.6 Å². The number of thiazole rings is 1. The molecule has 0 aliphatic heterocycles. The molecule has 2 aromatic rings. The van der Waals surface area contributed by atoms with E-state index in [0.717, 1.165) is 9.18 Å². The van der Waals surface area contributed by atoms with Crippen LogP contribution in [0.1, 0.15) is 18.7 Å². The first-order chi connectivity index (χ1) is 11.2. The van der Waals surface area contributed by atoms with Gasteiger partial charge < -0.3 is 5.32 Å². The zero-order chi connectivity index (χ0) is 17.9. The lowest BCUT2D eigenvalue weighted by molar-refractivity contribution is -0.116. The van der Waals surface area contributed by atoms with Crippen molar-refractivity contribution in [1.82, 2.24) is 9.29 Å². The van der Waals surface area contributed by atoms with Crippen LogP contribution in [-0.2, 0) is 14.8 Å². The van der Waals surface area contributed by atoms with Crippen molar-refractivity contribution in [2.45, 2.75) is 31.7 Å². The summed E-state index contributed by atoms with van der Waals surface area (Å²) >= 11 is 7.13. The van der Waals surface area contributed by atoms with Crippen molar-refractivity contribution in [3.8, 4) is 0 Å². The maximum atomic E-state index is 12.8. The lowest BCUT2D eigenvalue weighted by Crippen LogP contribution is -2.42. The molecule has 1 N–H and O–H groups in total. The van der Waals surface area contributed by atoms with Gasteiger partial charge in [-0.2, -0.15) is 4.31 Å². The SMILES string of the molecule is Cc1cnc(NC(=O)CN(C(C)C)S(=O)(=O)c2ccc(Cl)cc2)s1. The molecule has 24 heavy (non-hydrogen) atoms. The molecule has 6 nitrogen and oxygen atoms in total. The molecule has 0 saturated heterocycles. The minimum absolute atomic E-state index is 0.0958. The fourth-order valence-electron chi connectivity index (χ4n) is 2.00. The summed E-state index contributed by atoms with van der Waals surface area (Å²) in [5, 5.41) is 3.52. The van der Waals surface area contributed by atoms with E-state index in [9.17, 15) is 13.2 Å². The quantitative estimate of drug-likeness (QED) is 0.825. The van der Waals surface area contributed by atoms with Crippen LogP contribution in [0.3, 0.4) is 0 Å². The zero-order valence-corrected chi connectivity index (χ0v) is 15.9. The number of benzene rings is 1. The summed E-state index contributed by atoms with van der Waals surface area (Å²) in [6.45, 7) is 5.02. The van der Waals surface area contributed by atoms with Gasteiger partial charge in [-0.15, -0.1) is 11.3 Å². The molecular formula is C15H18ClN3O3S2. The van der Waals surface area contributed by atoms with E-state index in [1.54, 1.807) is 20.0 Å². The minimum atomic E-state index is -3.80. The molecular weight excluding hydrogens is 370 g/mol. The number of sulfonamides is 1. The molecule has 0 bridgehead atoms. The van der Waals surface area contributed by atoms with Crippen LogP contribution in [0.25, 0.3) is 0 Å². The lowest BCUT2D eigenvalue weighted by Gasteiger charge is -2.25. The zero-order valence-electron chi connectivity index (χ0n) is 13.5. The Morgan fingerprint density at radius 2 is 1.96 bits per heavy atom. The Bertz CT molecular complexity index is 817. The van der Waals surface area contributed by atoms with Crippen LogP contribution in [0, 0.1) is 6.92 Å². The number of aryl methyl sites for hydroxylation is 1. The van der Waals surface area contributed by atoms with Crippen LogP contribution in [0.15, 0.2) is 35.4 Å². The van der Waals surface area contributed by atoms with Crippen molar-refractivity contribution in [2.75, 3.05) is 11.9 Å². The highest BCUT2D eigenvalue weighted by atomic mass is 35.5. The van der Waals surface area contributed by atoms with Crippen molar-refractivity contribution < 1.29 is 13.2 Å². The van der Waals surface area contributed by atoms with Crippen molar-refractivity contribution >= 4 is 44.0 Å². The maximum absolute atomic E-state index is 12.8. The third-order valence-electron chi connectivity index (χ3n) is 3.16. The molecule has 1 aromatic carbocycles. The summed E-state index contributed by atoms with van der Waals surface area (Å²) in [5.74, 6) is -0.435. The lowest BCUT2D eigenvalue weighted by atomic mass is 10.4. The Morgan fingerprint density at radius 3 is 2.46 bits per heavy atom. The molecule has 0 aliphatic rings. The monoisotopic (exact) mass is 387 g/mol. The van der Waals surface area contributed by atoms with Crippen molar-refractivity contribution in [3.63, 3.8) is 0 Å². The van der Waals surface area contributed by atoms with Gasteiger partial charge in [-0.05, 0) is 45.0 Å². The Kier molecular flexibility index (Phi) is 5.97. The van der Waals surface area contributed by atoms with Gasteiger partial charge in [0.05, 0.1) is 11.4 Å². The summed E-state index contributed by atoms with van der Waals surface area (Å²) in [6.07, 6.45) is 1.64. The summed E-state index contributed by atoms with van der Waals surface area (Å²) < 4.78 is 26.7. The normalized spacial score (nSPS) is 11.9. The van der Waals surface area contributed by atoms with E-state index in [2.05, 4.69) is 10.3 Å². The van der Waals surface area contributed by atoms with Crippen LogP contribution < -0.4 is 5.32 Å². The molecule has 9 heteroatoms. The van der Waals surface area contributed by atoms with Gasteiger partial charge in [0.25, 0.3) is 0 Å². The van der Waals surface area contributed by atoms with Gasteiger partial charge in [0, 0.05) is 22.1 Å². The summed E-state index contributed by atoms with van der Waals surface area (Å²) in [6, 6.07) is 5.48. The predicted molar refractivity (Wildman–Crippen MR) is 96.0 cm³/mol. The molecule has 1 aromatic heterocycles. The van der Waals surface area contributed by atoms with Gasteiger partial charge in [-0.25, -0.2) is 13.4 Å². The molecule has 0 fully saturated rings.